The molecule has 0 aliphatic carbocycles. The molecule has 0 amide bonds. The Morgan fingerprint density at radius 2 is 1.28 bits per heavy atom. The van der Waals surface area contributed by atoms with Gasteiger partial charge in [-0.25, -0.2) is 0 Å². The molecule has 0 saturated carbocycles. The molecule has 0 heterocycles. The lowest BCUT2D eigenvalue weighted by Crippen LogP contribution is -1.94. The molecule has 132 valence electrons. The standard InChI is InChI=1S/C19H18N2.2C2H6/c1-5-9-10-13-16(8-4)18(14-20)19(15-21)17(11-6-2)12-7-3;2*1-2/h5-13H,1-2,4H2,3H3;2*1-2H3/b10-9-,12-7-,16-13+,17-11+,19-18+;;. The average Bonchev–Trinajstić information content (AvgIpc) is 2.67. The molecule has 0 fully saturated rings. The summed E-state index contributed by atoms with van der Waals surface area (Å²) in [5.74, 6) is 0. The van der Waals surface area contributed by atoms with Gasteiger partial charge in [-0.15, -0.1) is 0 Å². The highest BCUT2D eigenvalue weighted by atomic mass is 14.3. The van der Waals surface area contributed by atoms with E-state index in [-0.39, 0.29) is 11.1 Å². The summed E-state index contributed by atoms with van der Waals surface area (Å²) in [4.78, 5) is 0. The smallest absolute Gasteiger partial charge is 0.101 e. The molecule has 0 aromatic carbocycles. The molecule has 0 bridgehead atoms. The highest BCUT2D eigenvalue weighted by Crippen LogP contribution is 2.22. The van der Waals surface area contributed by atoms with Crippen molar-refractivity contribution >= 4 is 0 Å². The van der Waals surface area contributed by atoms with Gasteiger partial charge in [0.25, 0.3) is 0 Å². The van der Waals surface area contributed by atoms with Crippen molar-refractivity contribution in [2.45, 2.75) is 34.6 Å². The van der Waals surface area contributed by atoms with E-state index in [0.717, 1.165) is 0 Å². The van der Waals surface area contributed by atoms with Crippen LogP contribution in [0.4, 0.5) is 0 Å². The fourth-order valence-corrected chi connectivity index (χ4v) is 1.55. The Labute approximate surface area is 154 Å². The maximum Gasteiger partial charge on any atom is 0.101 e. The van der Waals surface area contributed by atoms with E-state index in [9.17, 15) is 10.5 Å². The zero-order chi connectivity index (χ0) is 20.1. The van der Waals surface area contributed by atoms with Gasteiger partial charge < -0.3 is 0 Å². The molecule has 0 atom stereocenters. The summed E-state index contributed by atoms with van der Waals surface area (Å²) in [5, 5.41) is 18.8. The molecular weight excluding hydrogens is 304 g/mol. The van der Waals surface area contributed by atoms with Gasteiger partial charge in [-0.05, 0) is 18.1 Å². The fraction of sp³-hybridized carbons (Fsp3) is 0.217. The summed E-state index contributed by atoms with van der Waals surface area (Å²) in [7, 11) is 0. The van der Waals surface area contributed by atoms with Crippen LogP contribution in [0.5, 0.6) is 0 Å². The van der Waals surface area contributed by atoms with E-state index >= 15 is 0 Å². The van der Waals surface area contributed by atoms with E-state index < -0.39 is 0 Å². The van der Waals surface area contributed by atoms with Crippen molar-refractivity contribution in [2.24, 2.45) is 0 Å². The third kappa shape index (κ3) is 11.1. The molecule has 0 N–H and O–H groups in total. The van der Waals surface area contributed by atoms with Crippen LogP contribution in [0.15, 0.2) is 96.7 Å². The number of nitrogens with zero attached hydrogens (tertiary/aromatic N) is 2. The van der Waals surface area contributed by atoms with Gasteiger partial charge in [0.05, 0.1) is 11.1 Å². The Balaban J connectivity index is -0.00000112. The van der Waals surface area contributed by atoms with Crippen molar-refractivity contribution < 1.29 is 0 Å². The molecule has 0 aliphatic heterocycles. The molecule has 2 heteroatoms. The van der Waals surface area contributed by atoms with Crippen LogP contribution in [0, 0.1) is 22.7 Å². The Bertz CT molecular complexity index is 637. The van der Waals surface area contributed by atoms with Crippen molar-refractivity contribution in [2.75, 3.05) is 0 Å². The Morgan fingerprint density at radius 1 is 0.760 bits per heavy atom. The van der Waals surface area contributed by atoms with E-state index in [0.29, 0.717) is 11.1 Å². The second-order valence-corrected chi connectivity index (χ2v) is 3.78. The van der Waals surface area contributed by atoms with Gasteiger partial charge in [-0.3, -0.25) is 0 Å². The zero-order valence-corrected chi connectivity index (χ0v) is 16.2. The number of nitriles is 2. The molecule has 0 saturated heterocycles. The minimum atomic E-state index is 0.271. The SMILES string of the molecule is C=C\C=C/C=C(C=C)/C(C#N)=C(C#N)/C(/C=C\C)=C/C=C.CC.CC. The zero-order valence-electron chi connectivity index (χ0n) is 16.2. The van der Waals surface area contributed by atoms with Gasteiger partial charge in [0.15, 0.2) is 0 Å². The van der Waals surface area contributed by atoms with Crippen molar-refractivity contribution in [3.05, 3.63) is 96.7 Å². The number of allylic oxidation sites excluding steroid dienone is 13. The van der Waals surface area contributed by atoms with E-state index in [2.05, 4.69) is 31.9 Å². The predicted octanol–water partition coefficient (Wildman–Crippen LogP) is 6.93. The van der Waals surface area contributed by atoms with E-state index in [1.54, 1.807) is 54.7 Å². The van der Waals surface area contributed by atoms with Crippen LogP contribution in [-0.2, 0) is 0 Å². The molecule has 0 aromatic rings. The van der Waals surface area contributed by atoms with Crippen LogP contribution < -0.4 is 0 Å². The normalized spacial score (nSPS) is 11.8. The first-order valence-corrected chi connectivity index (χ1v) is 8.32. The summed E-state index contributed by atoms with van der Waals surface area (Å²) in [5.41, 5.74) is 1.76. The van der Waals surface area contributed by atoms with Crippen LogP contribution in [0.1, 0.15) is 34.6 Å². The number of hydrogen-bond donors (Lipinski definition) is 0. The second kappa shape index (κ2) is 20.9. The molecule has 0 aliphatic rings. The first-order valence-electron chi connectivity index (χ1n) is 8.32. The Hall–Kier alpha value is -3.10. The third-order valence-electron chi connectivity index (χ3n) is 2.44. The molecule has 0 aromatic heterocycles. The van der Waals surface area contributed by atoms with Gasteiger partial charge in [0, 0.05) is 0 Å². The fourth-order valence-electron chi connectivity index (χ4n) is 1.55. The van der Waals surface area contributed by atoms with E-state index in [1.807, 2.05) is 34.6 Å². The Kier molecular flexibility index (Phi) is 22.4. The largest absolute Gasteiger partial charge is 0.192 e. The van der Waals surface area contributed by atoms with Gasteiger partial charge in [0.2, 0.25) is 0 Å². The van der Waals surface area contributed by atoms with Crippen molar-refractivity contribution in [3.63, 3.8) is 0 Å². The number of rotatable bonds is 7. The average molecular weight is 335 g/mol. The quantitative estimate of drug-likeness (QED) is 0.374. The highest BCUT2D eigenvalue weighted by Gasteiger charge is 2.11. The molecule has 0 unspecified atom stereocenters. The summed E-state index contributed by atoms with van der Waals surface area (Å²) in [6.45, 7) is 20.7. The molecule has 0 rings (SSSR count). The third-order valence-corrected chi connectivity index (χ3v) is 2.44. The van der Waals surface area contributed by atoms with Crippen molar-refractivity contribution in [3.8, 4) is 12.1 Å². The van der Waals surface area contributed by atoms with Crippen molar-refractivity contribution in [1.82, 2.24) is 0 Å². The van der Waals surface area contributed by atoms with E-state index in [4.69, 9.17) is 0 Å². The molecule has 25 heavy (non-hydrogen) atoms. The minimum absolute atomic E-state index is 0.271. The summed E-state index contributed by atoms with van der Waals surface area (Å²) < 4.78 is 0. The minimum Gasteiger partial charge on any atom is -0.192 e. The van der Waals surface area contributed by atoms with Gasteiger partial charge in [0.1, 0.15) is 12.1 Å². The predicted molar refractivity (Wildman–Crippen MR) is 112 cm³/mol. The van der Waals surface area contributed by atoms with Gasteiger partial charge in [-0.1, -0.05) is 102 Å². The molecule has 0 radical (unpaired) electrons. The van der Waals surface area contributed by atoms with Crippen molar-refractivity contribution in [1.29, 1.82) is 10.5 Å². The van der Waals surface area contributed by atoms with Crippen LogP contribution >= 0.6 is 0 Å². The maximum atomic E-state index is 9.40. The summed E-state index contributed by atoms with van der Waals surface area (Å²) in [6.07, 6.45) is 15.2. The molecule has 0 spiro atoms. The first-order chi connectivity index (χ1) is 12.2. The summed E-state index contributed by atoms with van der Waals surface area (Å²) in [6, 6.07) is 4.16. The summed E-state index contributed by atoms with van der Waals surface area (Å²) >= 11 is 0. The van der Waals surface area contributed by atoms with Crippen LogP contribution in [-0.4, -0.2) is 0 Å². The monoisotopic (exact) mass is 334 g/mol. The highest BCUT2D eigenvalue weighted by molar-refractivity contribution is 5.63. The van der Waals surface area contributed by atoms with E-state index in [1.165, 1.54) is 0 Å². The Morgan fingerprint density at radius 3 is 1.64 bits per heavy atom. The lowest BCUT2D eigenvalue weighted by atomic mass is 9.95. The lowest BCUT2D eigenvalue weighted by molar-refractivity contribution is 1.38. The first kappa shape index (κ1) is 26.8. The lowest BCUT2D eigenvalue weighted by Gasteiger charge is -2.05. The van der Waals surface area contributed by atoms with Gasteiger partial charge >= 0.3 is 0 Å². The van der Waals surface area contributed by atoms with Crippen LogP contribution in [0.2, 0.25) is 0 Å². The number of hydrogen-bond acceptors (Lipinski definition) is 2. The topological polar surface area (TPSA) is 47.6 Å². The van der Waals surface area contributed by atoms with Crippen LogP contribution in [0.3, 0.4) is 0 Å². The maximum absolute atomic E-state index is 9.40. The molecular formula is C23H30N2. The second-order valence-electron chi connectivity index (χ2n) is 3.78. The van der Waals surface area contributed by atoms with Crippen LogP contribution in [0.25, 0.3) is 0 Å². The van der Waals surface area contributed by atoms with Gasteiger partial charge in [-0.2, -0.15) is 10.5 Å². The molecule has 2 nitrogen and oxygen atoms in total.